The lowest BCUT2D eigenvalue weighted by Crippen LogP contribution is -1.97. The highest BCUT2D eigenvalue weighted by molar-refractivity contribution is 5.31. The smallest absolute Gasteiger partial charge is 0.159 e. The van der Waals surface area contributed by atoms with Gasteiger partial charge < -0.3 is 5.11 Å². The molecule has 0 saturated heterocycles. The molecule has 0 bridgehead atoms. The molecular weight excluding hydrogens is 152 g/mol. The summed E-state index contributed by atoms with van der Waals surface area (Å²) in [6.07, 6.45) is 3.16. The van der Waals surface area contributed by atoms with Crippen molar-refractivity contribution in [3.8, 4) is 5.75 Å². The van der Waals surface area contributed by atoms with Gasteiger partial charge in [0.15, 0.2) is 5.75 Å². The fourth-order valence-corrected chi connectivity index (χ4v) is 1.32. The molecule has 0 spiro atoms. The normalized spacial score (nSPS) is 10.6. The molecule has 12 heavy (non-hydrogen) atoms. The van der Waals surface area contributed by atoms with E-state index in [0.717, 1.165) is 30.7 Å². The summed E-state index contributed by atoms with van der Waals surface area (Å²) < 4.78 is 1.76. The van der Waals surface area contributed by atoms with Crippen LogP contribution in [0.25, 0.3) is 0 Å². The quantitative estimate of drug-likeness (QED) is 0.747. The molecule has 0 amide bonds. The van der Waals surface area contributed by atoms with Gasteiger partial charge in [0.2, 0.25) is 0 Å². The zero-order valence-electron chi connectivity index (χ0n) is 7.96. The summed E-state index contributed by atoms with van der Waals surface area (Å²) in [4.78, 5) is 0. The second kappa shape index (κ2) is 3.61. The van der Waals surface area contributed by atoms with Gasteiger partial charge in [-0.05, 0) is 19.8 Å². The van der Waals surface area contributed by atoms with Gasteiger partial charge >= 0.3 is 0 Å². The van der Waals surface area contributed by atoms with E-state index >= 15 is 0 Å². The van der Waals surface area contributed by atoms with Crippen LogP contribution in [0.1, 0.15) is 31.2 Å². The fraction of sp³-hybridized carbons (Fsp3) is 0.667. The van der Waals surface area contributed by atoms with Crippen molar-refractivity contribution in [2.24, 2.45) is 7.05 Å². The van der Waals surface area contributed by atoms with E-state index in [-0.39, 0.29) is 0 Å². The zero-order valence-corrected chi connectivity index (χ0v) is 7.96. The van der Waals surface area contributed by atoms with Gasteiger partial charge in [-0.3, -0.25) is 4.68 Å². The van der Waals surface area contributed by atoms with Gasteiger partial charge in [-0.2, -0.15) is 5.10 Å². The SMILES string of the molecule is CCCCc1c(O)c(C)nn1C. The Morgan fingerprint density at radius 2 is 2.17 bits per heavy atom. The second-order valence-electron chi connectivity index (χ2n) is 3.11. The molecule has 0 atom stereocenters. The van der Waals surface area contributed by atoms with E-state index in [1.54, 1.807) is 4.68 Å². The van der Waals surface area contributed by atoms with Crippen LogP contribution >= 0.6 is 0 Å². The summed E-state index contributed by atoms with van der Waals surface area (Å²) >= 11 is 0. The molecule has 3 nitrogen and oxygen atoms in total. The Labute approximate surface area is 73.0 Å². The van der Waals surface area contributed by atoms with Crippen molar-refractivity contribution < 1.29 is 5.11 Å². The Balaban J connectivity index is 2.82. The second-order valence-corrected chi connectivity index (χ2v) is 3.11. The Kier molecular flexibility index (Phi) is 2.74. The van der Waals surface area contributed by atoms with Crippen molar-refractivity contribution in [2.75, 3.05) is 0 Å². The van der Waals surface area contributed by atoms with Crippen LogP contribution in [0.15, 0.2) is 0 Å². The molecule has 1 aromatic heterocycles. The van der Waals surface area contributed by atoms with E-state index in [9.17, 15) is 5.11 Å². The van der Waals surface area contributed by atoms with E-state index in [1.165, 1.54) is 0 Å². The van der Waals surface area contributed by atoms with E-state index < -0.39 is 0 Å². The summed E-state index contributed by atoms with van der Waals surface area (Å²) in [5.74, 6) is 0.367. The number of rotatable bonds is 3. The lowest BCUT2D eigenvalue weighted by atomic mass is 10.2. The molecule has 1 N–H and O–H groups in total. The maximum Gasteiger partial charge on any atom is 0.159 e. The third kappa shape index (κ3) is 1.60. The van der Waals surface area contributed by atoms with E-state index in [4.69, 9.17) is 0 Å². The van der Waals surface area contributed by atoms with Crippen LogP contribution in [0.2, 0.25) is 0 Å². The van der Waals surface area contributed by atoms with Crippen LogP contribution in [0.5, 0.6) is 5.75 Å². The average molecular weight is 168 g/mol. The molecule has 0 aliphatic rings. The van der Waals surface area contributed by atoms with Gasteiger partial charge in [0.05, 0.1) is 5.69 Å². The van der Waals surface area contributed by atoms with Crippen molar-refractivity contribution in [2.45, 2.75) is 33.1 Å². The number of hydrogen-bond acceptors (Lipinski definition) is 2. The highest BCUT2D eigenvalue weighted by Crippen LogP contribution is 2.21. The van der Waals surface area contributed by atoms with Gasteiger partial charge in [-0.1, -0.05) is 13.3 Å². The Bertz CT molecular complexity index is 266. The maximum atomic E-state index is 9.56. The van der Waals surface area contributed by atoms with Crippen LogP contribution in [-0.4, -0.2) is 14.9 Å². The summed E-state index contributed by atoms with van der Waals surface area (Å²) in [6.45, 7) is 3.96. The fourth-order valence-electron chi connectivity index (χ4n) is 1.32. The molecule has 1 heterocycles. The average Bonchev–Trinajstić information content (AvgIpc) is 2.25. The first-order valence-electron chi connectivity index (χ1n) is 4.38. The van der Waals surface area contributed by atoms with Crippen molar-refractivity contribution >= 4 is 0 Å². The lowest BCUT2D eigenvalue weighted by Gasteiger charge is -2.00. The minimum atomic E-state index is 0.367. The molecule has 0 unspecified atom stereocenters. The molecule has 0 saturated carbocycles. The zero-order chi connectivity index (χ0) is 9.14. The Morgan fingerprint density at radius 3 is 2.58 bits per heavy atom. The van der Waals surface area contributed by atoms with Crippen LogP contribution in [-0.2, 0) is 13.5 Å². The predicted octanol–water partition coefficient (Wildman–Crippen LogP) is 1.78. The molecule has 1 aromatic rings. The Hall–Kier alpha value is -0.990. The number of nitrogens with zero attached hydrogens (tertiary/aromatic N) is 2. The van der Waals surface area contributed by atoms with Crippen LogP contribution < -0.4 is 0 Å². The van der Waals surface area contributed by atoms with Crippen LogP contribution in [0, 0.1) is 6.92 Å². The lowest BCUT2D eigenvalue weighted by molar-refractivity contribution is 0.460. The predicted molar refractivity (Wildman–Crippen MR) is 48.2 cm³/mol. The van der Waals surface area contributed by atoms with Crippen molar-refractivity contribution in [1.29, 1.82) is 0 Å². The third-order valence-corrected chi connectivity index (χ3v) is 2.07. The minimum absolute atomic E-state index is 0.367. The highest BCUT2D eigenvalue weighted by Gasteiger charge is 2.10. The first-order valence-corrected chi connectivity index (χ1v) is 4.38. The maximum absolute atomic E-state index is 9.56. The number of aryl methyl sites for hydroxylation is 2. The van der Waals surface area contributed by atoms with Gasteiger partial charge in [-0.25, -0.2) is 0 Å². The molecular formula is C9H16N2O. The standard InChI is InChI=1S/C9H16N2O/c1-4-5-6-8-9(12)7(2)10-11(8)3/h12H,4-6H2,1-3H3. The van der Waals surface area contributed by atoms with Gasteiger partial charge in [0.1, 0.15) is 5.69 Å². The van der Waals surface area contributed by atoms with Crippen LogP contribution in [0.4, 0.5) is 0 Å². The molecule has 3 heteroatoms. The molecule has 0 radical (unpaired) electrons. The first kappa shape index (κ1) is 9.10. The van der Waals surface area contributed by atoms with Gasteiger partial charge in [-0.15, -0.1) is 0 Å². The summed E-state index contributed by atoms with van der Waals surface area (Å²) in [5, 5.41) is 13.7. The Morgan fingerprint density at radius 1 is 1.50 bits per heavy atom. The number of hydrogen-bond donors (Lipinski definition) is 1. The van der Waals surface area contributed by atoms with E-state index in [1.807, 2.05) is 14.0 Å². The van der Waals surface area contributed by atoms with Crippen molar-refractivity contribution in [3.63, 3.8) is 0 Å². The van der Waals surface area contributed by atoms with Crippen LogP contribution in [0.3, 0.4) is 0 Å². The topological polar surface area (TPSA) is 38.1 Å². The summed E-state index contributed by atoms with van der Waals surface area (Å²) in [5.41, 5.74) is 1.68. The van der Waals surface area contributed by atoms with Crippen molar-refractivity contribution in [3.05, 3.63) is 11.4 Å². The van der Waals surface area contributed by atoms with E-state index in [0.29, 0.717) is 5.75 Å². The van der Waals surface area contributed by atoms with Gasteiger partial charge in [0, 0.05) is 7.05 Å². The first-order chi connectivity index (χ1) is 5.66. The molecule has 1 rings (SSSR count). The number of aromatic hydroxyl groups is 1. The molecule has 0 aliphatic carbocycles. The highest BCUT2D eigenvalue weighted by atomic mass is 16.3. The minimum Gasteiger partial charge on any atom is -0.504 e. The molecule has 68 valence electrons. The monoisotopic (exact) mass is 168 g/mol. The number of aromatic nitrogens is 2. The molecule has 0 aliphatic heterocycles. The molecule has 0 aromatic carbocycles. The summed E-state index contributed by atoms with van der Waals surface area (Å²) in [6, 6.07) is 0. The van der Waals surface area contributed by atoms with Crippen molar-refractivity contribution in [1.82, 2.24) is 9.78 Å². The molecule has 0 fully saturated rings. The largest absolute Gasteiger partial charge is 0.504 e. The third-order valence-electron chi connectivity index (χ3n) is 2.07. The van der Waals surface area contributed by atoms with Gasteiger partial charge in [0.25, 0.3) is 0 Å². The number of unbranched alkanes of at least 4 members (excludes halogenated alkanes) is 1. The summed E-state index contributed by atoms with van der Waals surface area (Å²) in [7, 11) is 1.87. The van der Waals surface area contributed by atoms with E-state index in [2.05, 4.69) is 12.0 Å².